The topological polar surface area (TPSA) is 46.2 Å². The molecule has 0 bridgehead atoms. The van der Waals surface area contributed by atoms with E-state index in [1.165, 1.54) is 6.07 Å². The number of hydrogen-bond donors (Lipinski definition) is 1. The maximum absolute atomic E-state index is 13.7. The van der Waals surface area contributed by atoms with Crippen LogP contribution in [0.25, 0.3) is 0 Å². The Labute approximate surface area is 89.2 Å². The number of sulfone groups is 1. The summed E-state index contributed by atoms with van der Waals surface area (Å²) < 4.78 is 36.1. The largest absolute Gasteiger partial charge is 0.319 e. The van der Waals surface area contributed by atoms with Crippen LogP contribution in [0.3, 0.4) is 0 Å². The Kier molecular flexibility index (Phi) is 3.82. The first-order valence-corrected chi connectivity index (χ1v) is 6.48. The zero-order valence-corrected chi connectivity index (χ0v) is 9.57. The van der Waals surface area contributed by atoms with Crippen LogP contribution < -0.4 is 5.32 Å². The number of hydrogen-bond acceptors (Lipinski definition) is 3. The minimum absolute atomic E-state index is 0.226. The second-order valence-electron chi connectivity index (χ2n) is 3.35. The van der Waals surface area contributed by atoms with Crippen molar-refractivity contribution in [2.45, 2.75) is 11.3 Å². The molecule has 15 heavy (non-hydrogen) atoms. The maximum Gasteiger partial charge on any atom is 0.178 e. The Balaban J connectivity index is 3.12. The molecule has 0 aliphatic rings. The number of rotatable bonds is 4. The van der Waals surface area contributed by atoms with Gasteiger partial charge >= 0.3 is 0 Å². The summed E-state index contributed by atoms with van der Waals surface area (Å²) in [5.74, 6) is -0.629. The van der Waals surface area contributed by atoms with E-state index in [4.69, 9.17) is 0 Å². The van der Waals surface area contributed by atoms with Crippen LogP contribution in [0, 0.1) is 5.82 Å². The average molecular weight is 231 g/mol. The lowest BCUT2D eigenvalue weighted by atomic mass is 10.1. The van der Waals surface area contributed by atoms with Crippen LogP contribution in [0.1, 0.15) is 5.56 Å². The minimum Gasteiger partial charge on any atom is -0.319 e. The molecule has 84 valence electrons. The van der Waals surface area contributed by atoms with E-state index in [9.17, 15) is 12.8 Å². The molecule has 1 aromatic carbocycles. The highest BCUT2D eigenvalue weighted by atomic mass is 32.2. The lowest BCUT2D eigenvalue weighted by Crippen LogP contribution is -2.12. The third-order valence-corrected chi connectivity index (χ3v) is 3.20. The summed E-state index contributed by atoms with van der Waals surface area (Å²) in [6.45, 7) is 0.615. The summed E-state index contributed by atoms with van der Waals surface area (Å²) in [5.41, 5.74) is 0.423. The molecular weight excluding hydrogens is 217 g/mol. The van der Waals surface area contributed by atoms with E-state index in [1.54, 1.807) is 19.2 Å². The molecule has 1 rings (SSSR count). The predicted octanol–water partition coefficient (Wildman–Crippen LogP) is 0.991. The van der Waals surface area contributed by atoms with E-state index in [0.717, 1.165) is 6.26 Å². The molecule has 0 saturated carbocycles. The van der Waals surface area contributed by atoms with Gasteiger partial charge in [-0.15, -0.1) is 0 Å². The van der Waals surface area contributed by atoms with E-state index in [1.807, 2.05) is 0 Å². The standard InChI is InChI=1S/C10H14FNO2S/c1-12-7-6-8-4-3-5-9(10(8)11)15(2,13)14/h3-5,12H,6-7H2,1-2H3. The molecule has 5 heteroatoms. The van der Waals surface area contributed by atoms with Crippen molar-refractivity contribution in [3.8, 4) is 0 Å². The fourth-order valence-electron chi connectivity index (χ4n) is 1.30. The van der Waals surface area contributed by atoms with Crippen molar-refractivity contribution >= 4 is 9.84 Å². The van der Waals surface area contributed by atoms with E-state index in [0.29, 0.717) is 18.5 Å². The van der Waals surface area contributed by atoms with Gasteiger partial charge in [0.1, 0.15) is 10.7 Å². The van der Waals surface area contributed by atoms with E-state index < -0.39 is 15.7 Å². The van der Waals surface area contributed by atoms with Crippen LogP contribution >= 0.6 is 0 Å². The van der Waals surface area contributed by atoms with Gasteiger partial charge in [-0.2, -0.15) is 0 Å². The Hall–Kier alpha value is -0.940. The molecule has 0 radical (unpaired) electrons. The van der Waals surface area contributed by atoms with Crippen molar-refractivity contribution in [1.82, 2.24) is 5.32 Å². The second-order valence-corrected chi connectivity index (χ2v) is 5.34. The van der Waals surface area contributed by atoms with E-state index in [2.05, 4.69) is 5.32 Å². The minimum atomic E-state index is -3.48. The summed E-state index contributed by atoms with van der Waals surface area (Å²) in [7, 11) is -1.71. The first-order valence-electron chi connectivity index (χ1n) is 4.59. The third-order valence-electron chi connectivity index (χ3n) is 2.09. The Morgan fingerprint density at radius 1 is 1.40 bits per heavy atom. The van der Waals surface area contributed by atoms with Crippen LogP contribution in [0.5, 0.6) is 0 Å². The summed E-state index contributed by atoms with van der Waals surface area (Å²) in [4.78, 5) is -0.226. The highest BCUT2D eigenvalue weighted by Gasteiger charge is 2.15. The maximum atomic E-state index is 13.7. The molecule has 1 N–H and O–H groups in total. The SMILES string of the molecule is CNCCc1cccc(S(C)(=O)=O)c1F. The van der Waals surface area contributed by atoms with Gasteiger partial charge in [-0.1, -0.05) is 12.1 Å². The lowest BCUT2D eigenvalue weighted by molar-refractivity contribution is 0.558. The molecule has 0 unspecified atom stereocenters. The molecule has 0 amide bonds. The number of nitrogens with one attached hydrogen (secondary N) is 1. The van der Waals surface area contributed by atoms with Crippen LogP contribution in [0.2, 0.25) is 0 Å². The van der Waals surface area contributed by atoms with Gasteiger partial charge in [0.2, 0.25) is 0 Å². The number of likely N-dealkylation sites (N-methyl/N-ethyl adjacent to an activating group) is 1. The first-order chi connectivity index (χ1) is 6.96. The van der Waals surface area contributed by atoms with Gasteiger partial charge < -0.3 is 5.32 Å². The van der Waals surface area contributed by atoms with E-state index in [-0.39, 0.29) is 4.90 Å². The van der Waals surface area contributed by atoms with Crippen LogP contribution in [0.4, 0.5) is 4.39 Å². The zero-order chi connectivity index (χ0) is 11.5. The summed E-state index contributed by atoms with van der Waals surface area (Å²) in [6, 6.07) is 4.44. The van der Waals surface area contributed by atoms with Crippen LogP contribution in [-0.2, 0) is 16.3 Å². The molecular formula is C10H14FNO2S. The van der Waals surface area contributed by atoms with Gasteiger partial charge in [-0.25, -0.2) is 12.8 Å². The highest BCUT2D eigenvalue weighted by molar-refractivity contribution is 7.90. The molecule has 1 aromatic rings. The van der Waals surface area contributed by atoms with Gasteiger partial charge in [-0.3, -0.25) is 0 Å². The molecule has 0 atom stereocenters. The third kappa shape index (κ3) is 3.00. The smallest absolute Gasteiger partial charge is 0.178 e. The van der Waals surface area contributed by atoms with Gasteiger partial charge in [0.25, 0.3) is 0 Å². The Bertz CT molecular complexity index is 443. The van der Waals surface area contributed by atoms with Gasteiger partial charge in [-0.05, 0) is 31.6 Å². The van der Waals surface area contributed by atoms with Crippen molar-refractivity contribution in [2.75, 3.05) is 19.8 Å². The van der Waals surface area contributed by atoms with Gasteiger partial charge in [0.05, 0.1) is 0 Å². The molecule has 0 aliphatic heterocycles. The summed E-state index contributed by atoms with van der Waals surface area (Å²) in [6.07, 6.45) is 1.49. The second kappa shape index (κ2) is 4.72. The monoisotopic (exact) mass is 231 g/mol. The fourth-order valence-corrected chi connectivity index (χ4v) is 2.08. The molecule has 0 aromatic heterocycles. The van der Waals surface area contributed by atoms with Gasteiger partial charge in [0, 0.05) is 6.26 Å². The van der Waals surface area contributed by atoms with Crippen molar-refractivity contribution in [1.29, 1.82) is 0 Å². The molecule has 0 spiro atoms. The van der Waals surface area contributed by atoms with Crippen molar-refractivity contribution in [3.05, 3.63) is 29.6 Å². The normalized spacial score (nSPS) is 11.7. The summed E-state index contributed by atoms with van der Waals surface area (Å²) in [5, 5.41) is 2.89. The number of halogens is 1. The highest BCUT2D eigenvalue weighted by Crippen LogP contribution is 2.18. The van der Waals surface area contributed by atoms with E-state index >= 15 is 0 Å². The fraction of sp³-hybridized carbons (Fsp3) is 0.400. The average Bonchev–Trinajstić information content (AvgIpc) is 2.14. The Morgan fingerprint density at radius 3 is 2.60 bits per heavy atom. The summed E-state index contributed by atoms with van der Waals surface area (Å²) >= 11 is 0. The lowest BCUT2D eigenvalue weighted by Gasteiger charge is -2.06. The molecule has 0 aliphatic carbocycles. The molecule has 3 nitrogen and oxygen atoms in total. The quantitative estimate of drug-likeness (QED) is 0.840. The first kappa shape index (κ1) is 12.1. The van der Waals surface area contributed by atoms with Crippen molar-refractivity contribution in [3.63, 3.8) is 0 Å². The van der Waals surface area contributed by atoms with Crippen LogP contribution in [-0.4, -0.2) is 28.3 Å². The Morgan fingerprint density at radius 2 is 2.07 bits per heavy atom. The van der Waals surface area contributed by atoms with Gasteiger partial charge in [0.15, 0.2) is 9.84 Å². The number of benzene rings is 1. The predicted molar refractivity (Wildman–Crippen MR) is 57.1 cm³/mol. The molecule has 0 saturated heterocycles. The molecule has 0 heterocycles. The molecule has 0 fully saturated rings. The van der Waals surface area contributed by atoms with Crippen LogP contribution in [0.15, 0.2) is 23.1 Å². The van der Waals surface area contributed by atoms with Crippen molar-refractivity contribution < 1.29 is 12.8 Å². The van der Waals surface area contributed by atoms with Crippen molar-refractivity contribution in [2.24, 2.45) is 0 Å². The zero-order valence-electron chi connectivity index (χ0n) is 8.75.